The predicted molar refractivity (Wildman–Crippen MR) is 59.9 cm³/mol. The van der Waals surface area contributed by atoms with E-state index in [1.807, 2.05) is 11.3 Å². The molecule has 0 bridgehead atoms. The van der Waals surface area contributed by atoms with Gasteiger partial charge < -0.3 is 5.73 Å². The highest BCUT2D eigenvalue weighted by molar-refractivity contribution is 9.11. The van der Waals surface area contributed by atoms with Crippen molar-refractivity contribution in [2.45, 2.75) is 19.0 Å². The van der Waals surface area contributed by atoms with Crippen LogP contribution >= 0.6 is 27.3 Å². The average Bonchev–Trinajstić information content (AvgIpc) is 2.62. The summed E-state index contributed by atoms with van der Waals surface area (Å²) in [6.45, 7) is 3.26. The Balaban J connectivity index is 1.91. The summed E-state index contributed by atoms with van der Waals surface area (Å²) < 4.78 is 1.21. The molecule has 4 heteroatoms. The van der Waals surface area contributed by atoms with Crippen molar-refractivity contribution >= 4 is 27.3 Å². The third kappa shape index (κ3) is 2.53. The second-order valence-electron chi connectivity index (χ2n) is 3.49. The molecule has 1 aromatic rings. The van der Waals surface area contributed by atoms with Crippen molar-refractivity contribution in [3.63, 3.8) is 0 Å². The maximum Gasteiger partial charge on any atom is 0.0701 e. The highest BCUT2D eigenvalue weighted by atomic mass is 79.9. The van der Waals surface area contributed by atoms with Gasteiger partial charge >= 0.3 is 0 Å². The number of likely N-dealkylation sites (tertiary alicyclic amines) is 1. The molecule has 1 atom stereocenters. The molecule has 72 valence electrons. The van der Waals surface area contributed by atoms with Gasteiger partial charge in [0.25, 0.3) is 0 Å². The number of hydrogen-bond acceptors (Lipinski definition) is 3. The zero-order valence-corrected chi connectivity index (χ0v) is 9.77. The van der Waals surface area contributed by atoms with E-state index in [2.05, 4.69) is 33.0 Å². The molecule has 13 heavy (non-hydrogen) atoms. The molecule has 2 rings (SSSR count). The van der Waals surface area contributed by atoms with E-state index in [9.17, 15) is 0 Å². The standard InChI is InChI=1S/C9H13BrN2S/c10-9-2-1-8(13-9)6-12-4-3-7(11)5-12/h1-2,7H,3-6,11H2/t7-/m1/s1. The van der Waals surface area contributed by atoms with Crippen LogP contribution in [0.3, 0.4) is 0 Å². The van der Waals surface area contributed by atoms with Gasteiger partial charge in [-0.15, -0.1) is 11.3 Å². The largest absolute Gasteiger partial charge is 0.326 e. The lowest BCUT2D eigenvalue weighted by Gasteiger charge is -2.12. The number of thiophene rings is 1. The normalized spacial score (nSPS) is 24.0. The Labute approximate surface area is 90.9 Å². The molecule has 1 aliphatic heterocycles. The zero-order valence-electron chi connectivity index (χ0n) is 7.37. The van der Waals surface area contributed by atoms with Crippen LogP contribution in [0.5, 0.6) is 0 Å². The molecule has 1 aromatic heterocycles. The first-order chi connectivity index (χ1) is 6.24. The Kier molecular flexibility index (Phi) is 3.03. The van der Waals surface area contributed by atoms with E-state index in [0.29, 0.717) is 6.04 Å². The molecule has 1 aliphatic rings. The van der Waals surface area contributed by atoms with Crippen LogP contribution in [0.1, 0.15) is 11.3 Å². The lowest BCUT2D eigenvalue weighted by atomic mass is 10.3. The molecule has 0 amide bonds. The van der Waals surface area contributed by atoms with Crippen molar-refractivity contribution in [2.24, 2.45) is 5.73 Å². The third-order valence-electron chi connectivity index (χ3n) is 2.32. The minimum atomic E-state index is 0.392. The fraction of sp³-hybridized carbons (Fsp3) is 0.556. The zero-order chi connectivity index (χ0) is 9.26. The van der Waals surface area contributed by atoms with Crippen LogP contribution in [0.2, 0.25) is 0 Å². The minimum absolute atomic E-state index is 0.392. The molecule has 2 nitrogen and oxygen atoms in total. The first-order valence-corrected chi connectivity index (χ1v) is 6.07. The van der Waals surface area contributed by atoms with Crippen LogP contribution in [-0.2, 0) is 6.54 Å². The monoisotopic (exact) mass is 260 g/mol. The molecular weight excluding hydrogens is 248 g/mol. The molecule has 1 saturated heterocycles. The highest BCUT2D eigenvalue weighted by Crippen LogP contribution is 2.24. The summed E-state index contributed by atoms with van der Waals surface area (Å²) in [5.41, 5.74) is 5.84. The molecule has 0 aliphatic carbocycles. The SMILES string of the molecule is N[C@@H]1CCN(Cc2ccc(Br)s2)C1. The molecule has 0 unspecified atom stereocenters. The number of rotatable bonds is 2. The fourth-order valence-corrected chi connectivity index (χ4v) is 3.19. The topological polar surface area (TPSA) is 29.3 Å². The first-order valence-electron chi connectivity index (χ1n) is 4.46. The summed E-state index contributed by atoms with van der Waals surface area (Å²) in [5.74, 6) is 0. The summed E-state index contributed by atoms with van der Waals surface area (Å²) >= 11 is 5.28. The highest BCUT2D eigenvalue weighted by Gasteiger charge is 2.19. The molecule has 1 fully saturated rings. The van der Waals surface area contributed by atoms with Crippen molar-refractivity contribution in [3.8, 4) is 0 Å². The Hall–Kier alpha value is 0.1000. The Morgan fingerprint density at radius 1 is 1.62 bits per heavy atom. The van der Waals surface area contributed by atoms with Gasteiger partial charge in [-0.05, 0) is 34.5 Å². The summed E-state index contributed by atoms with van der Waals surface area (Å²) in [4.78, 5) is 3.84. The Morgan fingerprint density at radius 2 is 2.46 bits per heavy atom. The number of nitrogens with two attached hydrogens (primary N) is 1. The lowest BCUT2D eigenvalue weighted by Crippen LogP contribution is -2.25. The Bertz CT molecular complexity index is 287. The quantitative estimate of drug-likeness (QED) is 0.882. The maximum absolute atomic E-state index is 5.84. The van der Waals surface area contributed by atoms with Crippen molar-refractivity contribution in [2.75, 3.05) is 13.1 Å². The van der Waals surface area contributed by atoms with Crippen LogP contribution in [0.15, 0.2) is 15.9 Å². The van der Waals surface area contributed by atoms with Crippen molar-refractivity contribution < 1.29 is 0 Å². The van der Waals surface area contributed by atoms with E-state index < -0.39 is 0 Å². The van der Waals surface area contributed by atoms with E-state index in [1.54, 1.807) is 0 Å². The third-order valence-corrected chi connectivity index (χ3v) is 3.93. The van der Waals surface area contributed by atoms with Gasteiger partial charge in [0.05, 0.1) is 3.79 Å². The minimum Gasteiger partial charge on any atom is -0.326 e. The van der Waals surface area contributed by atoms with E-state index >= 15 is 0 Å². The van der Waals surface area contributed by atoms with Gasteiger partial charge in [-0.1, -0.05) is 0 Å². The van der Waals surface area contributed by atoms with Gasteiger partial charge in [0, 0.05) is 30.6 Å². The maximum atomic E-state index is 5.84. The second kappa shape index (κ2) is 4.09. The van der Waals surface area contributed by atoms with Crippen molar-refractivity contribution in [1.82, 2.24) is 4.90 Å². The van der Waals surface area contributed by atoms with Crippen LogP contribution in [0.4, 0.5) is 0 Å². The molecule has 0 saturated carbocycles. The van der Waals surface area contributed by atoms with E-state index in [4.69, 9.17) is 5.73 Å². The number of nitrogens with zero attached hydrogens (tertiary/aromatic N) is 1. The molecular formula is C9H13BrN2S. The lowest BCUT2D eigenvalue weighted by molar-refractivity contribution is 0.330. The van der Waals surface area contributed by atoms with Gasteiger partial charge in [0.2, 0.25) is 0 Å². The predicted octanol–water partition coefficient (Wildman–Crippen LogP) is 2.04. The van der Waals surface area contributed by atoms with Crippen LogP contribution in [0.25, 0.3) is 0 Å². The molecule has 2 N–H and O–H groups in total. The number of halogens is 1. The van der Waals surface area contributed by atoms with Crippen LogP contribution in [-0.4, -0.2) is 24.0 Å². The average molecular weight is 261 g/mol. The van der Waals surface area contributed by atoms with Gasteiger partial charge in [0.1, 0.15) is 0 Å². The summed E-state index contributed by atoms with van der Waals surface area (Å²) in [5, 5.41) is 0. The van der Waals surface area contributed by atoms with E-state index in [-0.39, 0.29) is 0 Å². The van der Waals surface area contributed by atoms with E-state index in [0.717, 1.165) is 26.1 Å². The molecule has 0 aromatic carbocycles. The molecule has 0 spiro atoms. The van der Waals surface area contributed by atoms with Gasteiger partial charge in [0.15, 0.2) is 0 Å². The number of hydrogen-bond donors (Lipinski definition) is 1. The van der Waals surface area contributed by atoms with Gasteiger partial charge in [-0.2, -0.15) is 0 Å². The van der Waals surface area contributed by atoms with Crippen molar-refractivity contribution in [1.29, 1.82) is 0 Å². The molecule has 0 radical (unpaired) electrons. The first kappa shape index (κ1) is 9.65. The Morgan fingerprint density at radius 3 is 3.00 bits per heavy atom. The van der Waals surface area contributed by atoms with Gasteiger partial charge in [-0.3, -0.25) is 4.90 Å². The summed E-state index contributed by atoms with van der Waals surface area (Å²) in [7, 11) is 0. The van der Waals surface area contributed by atoms with Crippen LogP contribution in [0, 0.1) is 0 Å². The van der Waals surface area contributed by atoms with Gasteiger partial charge in [-0.25, -0.2) is 0 Å². The second-order valence-corrected chi connectivity index (χ2v) is 6.04. The summed E-state index contributed by atoms with van der Waals surface area (Å²) in [6, 6.07) is 4.68. The fourth-order valence-electron chi connectivity index (χ4n) is 1.66. The molecule has 2 heterocycles. The van der Waals surface area contributed by atoms with Crippen LogP contribution < -0.4 is 5.73 Å². The van der Waals surface area contributed by atoms with Crippen molar-refractivity contribution in [3.05, 3.63) is 20.8 Å². The summed E-state index contributed by atoms with van der Waals surface area (Å²) in [6.07, 6.45) is 1.15. The van der Waals surface area contributed by atoms with E-state index in [1.165, 1.54) is 8.66 Å². The smallest absolute Gasteiger partial charge is 0.0701 e.